The topological polar surface area (TPSA) is 88.1 Å². The van der Waals surface area contributed by atoms with Crippen LogP contribution in [-0.2, 0) is 23.8 Å². The zero-order chi connectivity index (χ0) is 25.0. The highest BCUT2D eigenvalue weighted by Crippen LogP contribution is 2.30. The van der Waals surface area contributed by atoms with Gasteiger partial charge in [0.25, 0.3) is 0 Å². The van der Waals surface area contributed by atoms with Crippen molar-refractivity contribution < 1.29 is 33.3 Å². The second-order valence-corrected chi connectivity index (χ2v) is 9.57. The Morgan fingerprint density at radius 2 is 1.46 bits per heavy atom. The molecule has 0 bridgehead atoms. The van der Waals surface area contributed by atoms with E-state index in [0.717, 1.165) is 32.1 Å². The van der Waals surface area contributed by atoms with E-state index in [-0.39, 0.29) is 36.0 Å². The summed E-state index contributed by atoms with van der Waals surface area (Å²) in [7, 11) is 0. The minimum absolute atomic E-state index is 0.0786. The molecule has 3 rings (SSSR count). The summed E-state index contributed by atoms with van der Waals surface area (Å²) in [6, 6.07) is 6.88. The van der Waals surface area contributed by atoms with Crippen molar-refractivity contribution in [2.75, 3.05) is 13.2 Å². The minimum atomic E-state index is -0.376. The molecule has 35 heavy (non-hydrogen) atoms. The van der Waals surface area contributed by atoms with Crippen molar-refractivity contribution in [3.63, 3.8) is 0 Å². The molecular weight excluding hydrogens is 448 g/mol. The van der Waals surface area contributed by atoms with Crippen LogP contribution in [-0.4, -0.2) is 43.3 Å². The van der Waals surface area contributed by atoms with Gasteiger partial charge >= 0.3 is 17.9 Å². The van der Waals surface area contributed by atoms with Crippen molar-refractivity contribution in [1.29, 1.82) is 0 Å². The zero-order valence-electron chi connectivity index (χ0n) is 20.8. The number of esters is 3. The predicted molar refractivity (Wildman–Crippen MR) is 131 cm³/mol. The quantitative estimate of drug-likeness (QED) is 0.175. The van der Waals surface area contributed by atoms with Gasteiger partial charge in [0.1, 0.15) is 18.0 Å². The summed E-state index contributed by atoms with van der Waals surface area (Å²) in [5.41, 5.74) is 0.866. The van der Waals surface area contributed by atoms with Gasteiger partial charge in [-0.1, -0.05) is 13.0 Å². The van der Waals surface area contributed by atoms with E-state index < -0.39 is 0 Å². The molecule has 1 aromatic rings. The average molecular weight is 487 g/mol. The predicted octanol–water partition coefficient (Wildman–Crippen LogP) is 5.56. The Morgan fingerprint density at radius 1 is 0.829 bits per heavy atom. The van der Waals surface area contributed by atoms with Gasteiger partial charge in [0.05, 0.1) is 24.7 Å². The van der Waals surface area contributed by atoms with Crippen LogP contribution >= 0.6 is 0 Å². The first-order chi connectivity index (χ1) is 16.9. The Labute approximate surface area is 208 Å². The number of hydrogen-bond acceptors (Lipinski definition) is 7. The summed E-state index contributed by atoms with van der Waals surface area (Å²) >= 11 is 0. The highest BCUT2D eigenvalue weighted by atomic mass is 16.6. The molecule has 0 heterocycles. The van der Waals surface area contributed by atoms with Gasteiger partial charge in [-0.2, -0.15) is 0 Å². The van der Waals surface area contributed by atoms with E-state index in [4.69, 9.17) is 18.9 Å². The smallest absolute Gasteiger partial charge is 0.338 e. The Balaban J connectivity index is 1.31. The van der Waals surface area contributed by atoms with Crippen LogP contribution in [0.15, 0.2) is 36.4 Å². The van der Waals surface area contributed by atoms with E-state index in [1.54, 1.807) is 31.2 Å². The van der Waals surface area contributed by atoms with Crippen LogP contribution in [0.25, 0.3) is 0 Å². The Hall–Kier alpha value is -2.83. The third kappa shape index (κ3) is 9.04. The Morgan fingerprint density at radius 3 is 2.11 bits per heavy atom. The van der Waals surface area contributed by atoms with E-state index in [2.05, 4.69) is 6.58 Å². The van der Waals surface area contributed by atoms with Gasteiger partial charge in [-0.15, -0.1) is 0 Å². The Kier molecular flexibility index (Phi) is 10.6. The fraction of sp³-hybridized carbons (Fsp3) is 0.607. The summed E-state index contributed by atoms with van der Waals surface area (Å²) < 4.78 is 22.1. The molecule has 2 saturated carbocycles. The summed E-state index contributed by atoms with van der Waals surface area (Å²) in [6.07, 6.45) is 9.59. The molecule has 0 unspecified atom stereocenters. The molecule has 2 aliphatic rings. The molecule has 0 saturated heterocycles. The second kappa shape index (κ2) is 13.9. The highest BCUT2D eigenvalue weighted by molar-refractivity contribution is 5.89. The Bertz CT molecular complexity index is 847. The molecule has 2 aliphatic carbocycles. The molecule has 192 valence electrons. The number of unbranched alkanes of at least 4 members (excludes halogenated alkanes) is 1. The molecular formula is C28H38O7. The molecule has 0 atom stereocenters. The maximum Gasteiger partial charge on any atom is 0.338 e. The lowest BCUT2D eigenvalue weighted by molar-refractivity contribution is -0.157. The third-order valence-electron chi connectivity index (χ3n) is 6.60. The molecule has 1 aromatic carbocycles. The van der Waals surface area contributed by atoms with Crippen molar-refractivity contribution in [1.82, 2.24) is 0 Å². The molecule has 7 heteroatoms. The maximum absolute atomic E-state index is 12.5. The number of carbonyl (C=O) groups excluding carboxylic acids is 3. The first-order valence-corrected chi connectivity index (χ1v) is 12.9. The monoisotopic (exact) mass is 486 g/mol. The number of rotatable bonds is 11. The van der Waals surface area contributed by atoms with E-state index in [1.807, 2.05) is 0 Å². The van der Waals surface area contributed by atoms with Crippen LogP contribution in [0.5, 0.6) is 5.75 Å². The molecule has 0 radical (unpaired) electrons. The summed E-state index contributed by atoms with van der Waals surface area (Å²) in [4.78, 5) is 36.3. The lowest BCUT2D eigenvalue weighted by Crippen LogP contribution is -2.31. The van der Waals surface area contributed by atoms with Crippen molar-refractivity contribution in [2.45, 2.75) is 89.8 Å². The first kappa shape index (κ1) is 26.8. The van der Waals surface area contributed by atoms with Gasteiger partial charge in [0.2, 0.25) is 0 Å². The molecule has 0 spiro atoms. The van der Waals surface area contributed by atoms with Gasteiger partial charge < -0.3 is 18.9 Å². The normalized spacial score (nSPS) is 20.5. The highest BCUT2D eigenvalue weighted by Gasteiger charge is 2.31. The molecule has 7 nitrogen and oxygen atoms in total. The standard InChI is InChI=1S/C28H38O7/c1-20(2)26(29)33-19-7-6-18-32-23-14-10-21(11-15-23)28(31)35-25-16-12-22(13-17-25)27(30)34-24-8-4-3-5-9-24/h10-11,14-15,22,24-25H,1,3-9,12-13,16-19H2,2H3. The summed E-state index contributed by atoms with van der Waals surface area (Å²) in [5.74, 6) is -0.230. The van der Waals surface area contributed by atoms with E-state index in [1.165, 1.54) is 6.42 Å². The largest absolute Gasteiger partial charge is 0.494 e. The van der Waals surface area contributed by atoms with Crippen LogP contribution in [0.3, 0.4) is 0 Å². The van der Waals surface area contributed by atoms with Gasteiger partial charge in [0.15, 0.2) is 0 Å². The van der Waals surface area contributed by atoms with Gasteiger partial charge in [-0.3, -0.25) is 4.79 Å². The SMILES string of the molecule is C=C(C)C(=O)OCCCCOc1ccc(C(=O)OC2CCC(C(=O)OC3CCCCC3)CC2)cc1. The lowest BCUT2D eigenvalue weighted by atomic mass is 9.87. The molecule has 2 fully saturated rings. The fourth-order valence-electron chi connectivity index (χ4n) is 4.45. The van der Waals surface area contributed by atoms with Gasteiger partial charge in [0, 0.05) is 5.57 Å². The number of hydrogen-bond donors (Lipinski definition) is 0. The van der Waals surface area contributed by atoms with Gasteiger partial charge in [-0.25, -0.2) is 9.59 Å². The van der Waals surface area contributed by atoms with E-state index in [9.17, 15) is 14.4 Å². The molecule has 0 aliphatic heterocycles. The minimum Gasteiger partial charge on any atom is -0.494 e. The first-order valence-electron chi connectivity index (χ1n) is 12.9. The summed E-state index contributed by atoms with van der Waals surface area (Å²) in [6.45, 7) is 5.98. The fourth-order valence-corrected chi connectivity index (χ4v) is 4.45. The average Bonchev–Trinajstić information content (AvgIpc) is 2.87. The third-order valence-corrected chi connectivity index (χ3v) is 6.60. The van der Waals surface area contributed by atoms with Crippen molar-refractivity contribution >= 4 is 17.9 Å². The molecule has 0 amide bonds. The van der Waals surface area contributed by atoms with Crippen LogP contribution in [0.4, 0.5) is 0 Å². The molecule has 0 N–H and O–H groups in total. The van der Waals surface area contributed by atoms with Crippen molar-refractivity contribution in [3.8, 4) is 5.75 Å². The number of ether oxygens (including phenoxy) is 4. The second-order valence-electron chi connectivity index (χ2n) is 9.57. The van der Waals surface area contributed by atoms with E-state index in [0.29, 0.717) is 62.2 Å². The van der Waals surface area contributed by atoms with Crippen LogP contribution in [0.2, 0.25) is 0 Å². The zero-order valence-corrected chi connectivity index (χ0v) is 20.8. The van der Waals surface area contributed by atoms with Gasteiger partial charge in [-0.05, 0) is 95.4 Å². The lowest BCUT2D eigenvalue weighted by Gasteiger charge is -2.29. The van der Waals surface area contributed by atoms with Crippen molar-refractivity contribution in [2.24, 2.45) is 5.92 Å². The maximum atomic E-state index is 12.5. The van der Waals surface area contributed by atoms with Crippen molar-refractivity contribution in [3.05, 3.63) is 42.0 Å². The van der Waals surface area contributed by atoms with Crippen LogP contribution in [0.1, 0.15) is 87.9 Å². The number of benzene rings is 1. The van der Waals surface area contributed by atoms with Crippen LogP contribution in [0, 0.1) is 5.92 Å². The number of carbonyl (C=O) groups is 3. The summed E-state index contributed by atoms with van der Waals surface area (Å²) in [5, 5.41) is 0. The molecule has 0 aromatic heterocycles. The van der Waals surface area contributed by atoms with Crippen LogP contribution < -0.4 is 4.74 Å². The van der Waals surface area contributed by atoms with E-state index >= 15 is 0 Å².